The molecule has 0 saturated heterocycles. The molecule has 0 fully saturated rings. The zero-order chi connectivity index (χ0) is 13.9. The van der Waals surface area contributed by atoms with Gasteiger partial charge in [0.1, 0.15) is 11.6 Å². The second-order valence-electron chi connectivity index (χ2n) is 4.58. The molecule has 3 rings (SSSR count). The van der Waals surface area contributed by atoms with Crippen molar-refractivity contribution >= 4 is 11.5 Å². The fraction of sp³-hybridized carbons (Fsp3) is 0.0588. The lowest BCUT2D eigenvalue weighted by Crippen LogP contribution is -2.21. The lowest BCUT2D eigenvalue weighted by molar-refractivity contribution is -0.116. The monoisotopic (exact) mass is 260 g/mol. The van der Waals surface area contributed by atoms with Gasteiger partial charge in [-0.1, -0.05) is 60.7 Å². The van der Waals surface area contributed by atoms with Crippen LogP contribution in [0, 0.1) is 11.3 Å². The van der Waals surface area contributed by atoms with Crippen molar-refractivity contribution in [2.75, 3.05) is 0 Å². The maximum absolute atomic E-state index is 12.0. The van der Waals surface area contributed by atoms with Gasteiger partial charge >= 0.3 is 0 Å². The summed E-state index contributed by atoms with van der Waals surface area (Å²) in [5.74, 6) is -0.305. The van der Waals surface area contributed by atoms with Crippen molar-refractivity contribution in [2.45, 2.75) is 6.04 Å². The van der Waals surface area contributed by atoms with Gasteiger partial charge in [-0.15, -0.1) is 0 Å². The minimum atomic E-state index is -0.305. The molecule has 0 saturated carbocycles. The number of hydrogen-bond acceptors (Lipinski definition) is 2. The number of amides is 1. The zero-order valence-corrected chi connectivity index (χ0v) is 10.7. The molecule has 1 N–H and O–H groups in total. The number of benzene rings is 2. The van der Waals surface area contributed by atoms with Gasteiger partial charge in [-0.25, -0.2) is 0 Å². The molecule has 1 heterocycles. The molecule has 96 valence electrons. The molecular weight excluding hydrogens is 248 g/mol. The average Bonchev–Trinajstić information content (AvgIpc) is 2.85. The Balaban J connectivity index is 2.16. The molecule has 1 aliphatic rings. The first-order chi connectivity index (χ1) is 9.81. The van der Waals surface area contributed by atoms with E-state index in [1.165, 1.54) is 0 Å². The van der Waals surface area contributed by atoms with Crippen LogP contribution < -0.4 is 5.32 Å². The van der Waals surface area contributed by atoms with Crippen LogP contribution in [0.4, 0.5) is 0 Å². The van der Waals surface area contributed by atoms with Crippen molar-refractivity contribution in [1.29, 1.82) is 5.26 Å². The second-order valence-corrected chi connectivity index (χ2v) is 4.58. The smallest absolute Gasteiger partial charge is 0.263 e. The Kier molecular flexibility index (Phi) is 3.06. The first-order valence-electron chi connectivity index (χ1n) is 6.37. The summed E-state index contributed by atoms with van der Waals surface area (Å²) in [6, 6.07) is 21.0. The van der Waals surface area contributed by atoms with Crippen LogP contribution in [0.15, 0.2) is 66.2 Å². The standard InChI is InChI=1S/C17H12N2O/c18-11-14-15(12-7-3-1-4-8-12)16(19-17(14)20)13-9-5-2-6-10-13/h1-10,16H,(H,19,20). The van der Waals surface area contributed by atoms with Crippen LogP contribution in [-0.4, -0.2) is 5.91 Å². The van der Waals surface area contributed by atoms with Gasteiger partial charge in [-0.05, 0) is 11.1 Å². The molecule has 1 aliphatic heterocycles. The van der Waals surface area contributed by atoms with Crippen LogP contribution in [0.25, 0.3) is 5.57 Å². The average molecular weight is 260 g/mol. The summed E-state index contributed by atoms with van der Waals surface area (Å²) < 4.78 is 0. The van der Waals surface area contributed by atoms with Gasteiger partial charge < -0.3 is 5.32 Å². The summed E-state index contributed by atoms with van der Waals surface area (Å²) in [6.07, 6.45) is 0. The summed E-state index contributed by atoms with van der Waals surface area (Å²) in [5.41, 5.74) is 2.83. The van der Waals surface area contributed by atoms with Crippen LogP contribution >= 0.6 is 0 Å². The van der Waals surface area contributed by atoms with E-state index in [1.54, 1.807) is 0 Å². The third-order valence-electron chi connectivity index (χ3n) is 3.39. The van der Waals surface area contributed by atoms with Gasteiger partial charge in [0.15, 0.2) is 0 Å². The SMILES string of the molecule is N#CC1=C(c2ccccc2)C(c2ccccc2)NC1=O. The number of nitriles is 1. The van der Waals surface area contributed by atoms with Gasteiger partial charge in [0.05, 0.1) is 6.04 Å². The largest absolute Gasteiger partial charge is 0.340 e. The molecule has 3 nitrogen and oxygen atoms in total. The minimum Gasteiger partial charge on any atom is -0.340 e. The quantitative estimate of drug-likeness (QED) is 0.902. The molecular formula is C17H12N2O. The van der Waals surface area contributed by atoms with Crippen LogP contribution in [0.3, 0.4) is 0 Å². The maximum Gasteiger partial charge on any atom is 0.263 e. The molecule has 0 aliphatic carbocycles. The van der Waals surface area contributed by atoms with E-state index >= 15 is 0 Å². The van der Waals surface area contributed by atoms with Gasteiger partial charge in [-0.3, -0.25) is 4.79 Å². The third kappa shape index (κ3) is 1.98. The van der Waals surface area contributed by atoms with Crippen LogP contribution in [0.5, 0.6) is 0 Å². The Morgan fingerprint density at radius 2 is 1.55 bits per heavy atom. The summed E-state index contributed by atoms with van der Waals surface area (Å²) in [7, 11) is 0. The molecule has 0 bridgehead atoms. The summed E-state index contributed by atoms with van der Waals surface area (Å²) in [5, 5.41) is 12.1. The molecule has 2 aromatic rings. The van der Waals surface area contributed by atoms with Crippen molar-refractivity contribution in [3.8, 4) is 6.07 Å². The van der Waals surface area contributed by atoms with Crippen molar-refractivity contribution in [3.63, 3.8) is 0 Å². The first-order valence-corrected chi connectivity index (χ1v) is 6.37. The highest BCUT2D eigenvalue weighted by molar-refractivity contribution is 6.10. The van der Waals surface area contributed by atoms with Crippen LogP contribution in [0.1, 0.15) is 17.2 Å². The van der Waals surface area contributed by atoms with Crippen LogP contribution in [-0.2, 0) is 4.79 Å². The normalized spacial score (nSPS) is 17.8. The maximum atomic E-state index is 12.0. The first kappa shape index (κ1) is 12.2. The van der Waals surface area contributed by atoms with E-state index in [-0.39, 0.29) is 17.5 Å². The van der Waals surface area contributed by atoms with Crippen molar-refractivity contribution in [2.24, 2.45) is 0 Å². The van der Waals surface area contributed by atoms with E-state index in [4.69, 9.17) is 0 Å². The topological polar surface area (TPSA) is 52.9 Å². The van der Waals surface area contributed by atoms with Crippen molar-refractivity contribution in [1.82, 2.24) is 5.32 Å². The predicted molar refractivity (Wildman–Crippen MR) is 76.3 cm³/mol. The fourth-order valence-corrected chi connectivity index (χ4v) is 2.48. The molecule has 0 radical (unpaired) electrons. The number of rotatable bonds is 2. The van der Waals surface area contributed by atoms with Crippen molar-refractivity contribution in [3.05, 3.63) is 77.4 Å². The summed E-state index contributed by atoms with van der Waals surface area (Å²) in [4.78, 5) is 12.0. The Labute approximate surface area is 117 Å². The molecule has 1 unspecified atom stereocenters. The molecule has 1 amide bonds. The molecule has 20 heavy (non-hydrogen) atoms. The minimum absolute atomic E-state index is 0.199. The van der Waals surface area contributed by atoms with E-state index in [9.17, 15) is 10.1 Å². The third-order valence-corrected chi connectivity index (χ3v) is 3.39. The highest BCUT2D eigenvalue weighted by Crippen LogP contribution is 2.36. The Bertz CT molecular complexity index is 712. The van der Waals surface area contributed by atoms with Gasteiger partial charge in [0, 0.05) is 5.57 Å². The van der Waals surface area contributed by atoms with E-state index in [0.717, 1.165) is 16.7 Å². The fourth-order valence-electron chi connectivity index (χ4n) is 2.48. The second kappa shape index (κ2) is 5.02. The van der Waals surface area contributed by atoms with Crippen molar-refractivity contribution < 1.29 is 4.79 Å². The van der Waals surface area contributed by atoms with Gasteiger partial charge in [0.2, 0.25) is 0 Å². The number of carbonyl (C=O) groups is 1. The molecule has 3 heteroatoms. The molecule has 2 aromatic carbocycles. The lowest BCUT2D eigenvalue weighted by atomic mass is 9.92. The number of nitrogens with zero attached hydrogens (tertiary/aromatic N) is 1. The number of hydrogen-bond donors (Lipinski definition) is 1. The predicted octanol–water partition coefficient (Wildman–Crippen LogP) is 2.83. The van der Waals surface area contributed by atoms with Gasteiger partial charge in [0.25, 0.3) is 5.91 Å². The van der Waals surface area contributed by atoms with E-state index in [1.807, 2.05) is 66.7 Å². The van der Waals surface area contributed by atoms with E-state index < -0.39 is 0 Å². The molecule has 0 spiro atoms. The highest BCUT2D eigenvalue weighted by atomic mass is 16.2. The molecule has 1 atom stereocenters. The lowest BCUT2D eigenvalue weighted by Gasteiger charge is -2.15. The summed E-state index contributed by atoms with van der Waals surface area (Å²) in [6.45, 7) is 0. The highest BCUT2D eigenvalue weighted by Gasteiger charge is 2.33. The Morgan fingerprint density at radius 1 is 0.950 bits per heavy atom. The Morgan fingerprint density at radius 3 is 2.15 bits per heavy atom. The zero-order valence-electron chi connectivity index (χ0n) is 10.7. The van der Waals surface area contributed by atoms with E-state index in [2.05, 4.69) is 5.32 Å². The molecule has 0 aromatic heterocycles. The Hall–Kier alpha value is -2.86. The van der Waals surface area contributed by atoms with Gasteiger partial charge in [-0.2, -0.15) is 5.26 Å². The summed E-state index contributed by atoms with van der Waals surface area (Å²) >= 11 is 0. The van der Waals surface area contributed by atoms with E-state index in [0.29, 0.717) is 0 Å². The number of nitrogens with one attached hydrogen (secondary N) is 1. The number of carbonyl (C=O) groups excluding carboxylic acids is 1. The van der Waals surface area contributed by atoms with Crippen LogP contribution in [0.2, 0.25) is 0 Å².